The van der Waals surface area contributed by atoms with Gasteiger partial charge in [-0.1, -0.05) is 49.4 Å². The Morgan fingerprint density at radius 1 is 0.973 bits per heavy atom. The first-order chi connectivity index (χ1) is 17.9. The summed E-state index contributed by atoms with van der Waals surface area (Å²) in [6.07, 6.45) is 1.56. The molecule has 1 aliphatic heterocycles. The van der Waals surface area contributed by atoms with Gasteiger partial charge in [0.25, 0.3) is 0 Å². The standard InChI is InChI=1S/C30H37FN4O2/c1-4-33(22-26-8-5-6-10-28(26)31)20-24-11-13-25(14-12-24)21-34-16-18-35(19-17-34)29-27(9-7-15-32-29)30(36)37-23(2)3/h5-15,23H,4,16-22H2,1-3H3. The molecule has 2 heterocycles. The first-order valence-electron chi connectivity index (χ1n) is 13.1. The van der Waals surface area contributed by atoms with Crippen molar-refractivity contribution in [3.63, 3.8) is 0 Å². The van der Waals surface area contributed by atoms with E-state index >= 15 is 0 Å². The summed E-state index contributed by atoms with van der Waals surface area (Å²) in [5.41, 5.74) is 3.75. The van der Waals surface area contributed by atoms with Crippen LogP contribution in [0.1, 0.15) is 47.8 Å². The summed E-state index contributed by atoms with van der Waals surface area (Å²) in [5.74, 6) is 0.232. The minimum Gasteiger partial charge on any atom is -0.459 e. The zero-order valence-corrected chi connectivity index (χ0v) is 22.1. The number of esters is 1. The Balaban J connectivity index is 1.30. The Labute approximate surface area is 219 Å². The molecule has 1 fully saturated rings. The van der Waals surface area contributed by atoms with Crippen LogP contribution in [-0.2, 0) is 24.4 Å². The van der Waals surface area contributed by atoms with E-state index in [0.717, 1.165) is 51.4 Å². The van der Waals surface area contributed by atoms with Crippen LogP contribution in [0.25, 0.3) is 0 Å². The zero-order chi connectivity index (χ0) is 26.2. The highest BCUT2D eigenvalue weighted by molar-refractivity contribution is 5.94. The molecule has 1 aromatic heterocycles. The number of ether oxygens (including phenoxy) is 1. The number of carbonyl (C=O) groups is 1. The first kappa shape index (κ1) is 26.8. The molecule has 0 N–H and O–H groups in total. The van der Waals surface area contributed by atoms with Crippen molar-refractivity contribution in [1.29, 1.82) is 0 Å². The molecule has 4 rings (SSSR count). The van der Waals surface area contributed by atoms with Gasteiger partial charge in [0.05, 0.1) is 6.10 Å². The van der Waals surface area contributed by atoms with Gasteiger partial charge >= 0.3 is 5.97 Å². The number of piperazine rings is 1. The fourth-order valence-electron chi connectivity index (χ4n) is 4.62. The zero-order valence-electron chi connectivity index (χ0n) is 22.1. The van der Waals surface area contributed by atoms with Gasteiger partial charge in [-0.05, 0) is 49.7 Å². The van der Waals surface area contributed by atoms with Crippen molar-refractivity contribution >= 4 is 11.8 Å². The normalized spacial score (nSPS) is 14.4. The van der Waals surface area contributed by atoms with E-state index in [2.05, 4.69) is 50.9 Å². The second-order valence-electron chi connectivity index (χ2n) is 9.80. The summed E-state index contributed by atoms with van der Waals surface area (Å²) in [7, 11) is 0. The summed E-state index contributed by atoms with van der Waals surface area (Å²) < 4.78 is 19.5. The lowest BCUT2D eigenvalue weighted by Crippen LogP contribution is -2.46. The van der Waals surface area contributed by atoms with Crippen LogP contribution in [0.4, 0.5) is 10.2 Å². The maximum absolute atomic E-state index is 14.1. The highest BCUT2D eigenvalue weighted by atomic mass is 19.1. The summed E-state index contributed by atoms with van der Waals surface area (Å²) in [5, 5.41) is 0. The van der Waals surface area contributed by atoms with Gasteiger partial charge in [0.1, 0.15) is 17.2 Å². The van der Waals surface area contributed by atoms with Gasteiger partial charge in [-0.25, -0.2) is 14.2 Å². The maximum Gasteiger partial charge on any atom is 0.342 e. The highest BCUT2D eigenvalue weighted by Gasteiger charge is 2.23. The number of pyridine rings is 1. The molecule has 6 nitrogen and oxygen atoms in total. The van der Waals surface area contributed by atoms with Gasteiger partial charge < -0.3 is 9.64 Å². The van der Waals surface area contributed by atoms with E-state index in [4.69, 9.17) is 4.74 Å². The second-order valence-corrected chi connectivity index (χ2v) is 9.80. The van der Waals surface area contributed by atoms with Crippen LogP contribution in [0, 0.1) is 5.82 Å². The third-order valence-corrected chi connectivity index (χ3v) is 6.66. The number of nitrogens with zero attached hydrogens (tertiary/aromatic N) is 4. The molecule has 0 saturated carbocycles. The Kier molecular flexibility index (Phi) is 9.25. The number of carbonyl (C=O) groups excluding carboxylic acids is 1. The smallest absolute Gasteiger partial charge is 0.342 e. The Morgan fingerprint density at radius 2 is 1.68 bits per heavy atom. The van der Waals surface area contributed by atoms with E-state index in [1.807, 2.05) is 26.0 Å². The van der Waals surface area contributed by atoms with Crippen molar-refractivity contribution in [2.24, 2.45) is 0 Å². The summed E-state index contributed by atoms with van der Waals surface area (Å²) in [4.78, 5) is 23.9. The molecule has 0 amide bonds. The van der Waals surface area contributed by atoms with Crippen LogP contribution in [0.15, 0.2) is 66.9 Å². The highest BCUT2D eigenvalue weighted by Crippen LogP contribution is 2.21. The molecule has 0 aliphatic carbocycles. The quantitative estimate of drug-likeness (QED) is 0.357. The van der Waals surface area contributed by atoms with Gasteiger partial charge in [0, 0.05) is 57.6 Å². The van der Waals surface area contributed by atoms with Gasteiger partial charge in [0.15, 0.2) is 0 Å². The molecule has 1 saturated heterocycles. The van der Waals surface area contributed by atoms with Crippen molar-refractivity contribution in [1.82, 2.24) is 14.8 Å². The minimum atomic E-state index is -0.323. The van der Waals surface area contributed by atoms with Crippen LogP contribution < -0.4 is 4.90 Å². The third-order valence-electron chi connectivity index (χ3n) is 6.66. The number of anilines is 1. The molecule has 0 unspecified atom stereocenters. The second kappa shape index (κ2) is 12.8. The van der Waals surface area contributed by atoms with E-state index in [9.17, 15) is 9.18 Å². The van der Waals surface area contributed by atoms with Crippen molar-refractivity contribution in [3.8, 4) is 0 Å². The molecule has 0 radical (unpaired) electrons. The predicted octanol–water partition coefficient (Wildman–Crippen LogP) is 5.13. The van der Waals surface area contributed by atoms with Crippen molar-refractivity contribution in [2.45, 2.75) is 46.5 Å². The molecular formula is C30H37FN4O2. The topological polar surface area (TPSA) is 48.9 Å². The lowest BCUT2D eigenvalue weighted by molar-refractivity contribution is 0.0378. The average Bonchev–Trinajstić information content (AvgIpc) is 2.90. The largest absolute Gasteiger partial charge is 0.459 e. The number of rotatable bonds is 10. The van der Waals surface area contributed by atoms with Crippen LogP contribution >= 0.6 is 0 Å². The summed E-state index contributed by atoms with van der Waals surface area (Å²) >= 11 is 0. The van der Waals surface area contributed by atoms with Gasteiger partial charge in [-0.2, -0.15) is 0 Å². The van der Waals surface area contributed by atoms with E-state index < -0.39 is 0 Å². The van der Waals surface area contributed by atoms with E-state index in [-0.39, 0.29) is 17.9 Å². The van der Waals surface area contributed by atoms with Crippen molar-refractivity contribution in [3.05, 3.63) is 94.9 Å². The number of aromatic nitrogens is 1. The predicted molar refractivity (Wildman–Crippen MR) is 145 cm³/mol. The van der Waals surface area contributed by atoms with Crippen LogP contribution in [-0.4, -0.2) is 59.6 Å². The van der Waals surface area contributed by atoms with Crippen LogP contribution in [0.5, 0.6) is 0 Å². The van der Waals surface area contributed by atoms with E-state index in [1.165, 1.54) is 17.2 Å². The monoisotopic (exact) mass is 504 g/mol. The van der Waals surface area contributed by atoms with E-state index in [1.54, 1.807) is 24.4 Å². The molecular weight excluding hydrogens is 467 g/mol. The summed E-state index contributed by atoms with van der Waals surface area (Å²) in [6.45, 7) is 12.3. The van der Waals surface area contributed by atoms with Crippen molar-refractivity contribution in [2.75, 3.05) is 37.6 Å². The molecule has 3 aromatic rings. The van der Waals surface area contributed by atoms with Gasteiger partial charge in [0.2, 0.25) is 0 Å². The van der Waals surface area contributed by atoms with Gasteiger partial charge in [-0.15, -0.1) is 0 Å². The molecule has 1 aliphatic rings. The number of halogens is 1. The SMILES string of the molecule is CCN(Cc1ccc(CN2CCN(c3ncccc3C(=O)OC(C)C)CC2)cc1)Cc1ccccc1F. The minimum absolute atomic E-state index is 0.147. The lowest BCUT2D eigenvalue weighted by Gasteiger charge is -2.36. The fourth-order valence-corrected chi connectivity index (χ4v) is 4.62. The van der Waals surface area contributed by atoms with Crippen molar-refractivity contribution < 1.29 is 13.9 Å². The fraction of sp³-hybridized carbons (Fsp3) is 0.400. The summed E-state index contributed by atoms with van der Waals surface area (Å²) in [6, 6.07) is 19.3. The Hall–Kier alpha value is -3.29. The first-order valence-corrected chi connectivity index (χ1v) is 13.1. The lowest BCUT2D eigenvalue weighted by atomic mass is 10.1. The molecule has 0 atom stereocenters. The Bertz CT molecular complexity index is 1160. The molecule has 7 heteroatoms. The molecule has 0 bridgehead atoms. The number of hydrogen-bond acceptors (Lipinski definition) is 6. The Morgan fingerprint density at radius 3 is 2.35 bits per heavy atom. The van der Waals surface area contributed by atoms with E-state index in [0.29, 0.717) is 17.9 Å². The van der Waals surface area contributed by atoms with Crippen LogP contribution in [0.2, 0.25) is 0 Å². The van der Waals surface area contributed by atoms with Gasteiger partial charge in [-0.3, -0.25) is 9.80 Å². The maximum atomic E-state index is 14.1. The third kappa shape index (κ3) is 7.37. The molecule has 0 spiro atoms. The molecule has 37 heavy (non-hydrogen) atoms. The number of hydrogen-bond donors (Lipinski definition) is 0. The molecule has 2 aromatic carbocycles. The van der Waals surface area contributed by atoms with Crippen LogP contribution in [0.3, 0.4) is 0 Å². The average molecular weight is 505 g/mol. The number of benzene rings is 2. The molecule has 196 valence electrons.